The highest BCUT2D eigenvalue weighted by Crippen LogP contribution is 2.22. The molecule has 0 spiro atoms. The van der Waals surface area contributed by atoms with Crippen LogP contribution in [0.5, 0.6) is 0 Å². The normalized spacial score (nSPS) is 10.2. The van der Waals surface area contributed by atoms with Gasteiger partial charge in [-0.2, -0.15) is 0 Å². The molecule has 2 aromatic rings. The zero-order valence-corrected chi connectivity index (χ0v) is 12.0. The Hall–Kier alpha value is -2.13. The van der Waals surface area contributed by atoms with Gasteiger partial charge in [-0.25, -0.2) is 0 Å². The second-order valence-electron chi connectivity index (χ2n) is 4.57. The van der Waals surface area contributed by atoms with Crippen LogP contribution in [0.25, 0.3) is 0 Å². The topological polar surface area (TPSA) is 46.2 Å². The van der Waals surface area contributed by atoms with Gasteiger partial charge in [0.05, 0.1) is 5.69 Å². The van der Waals surface area contributed by atoms with Gasteiger partial charge in [-0.1, -0.05) is 23.2 Å². The van der Waals surface area contributed by atoms with Crippen LogP contribution in [0.4, 0.5) is 5.69 Å². The predicted molar refractivity (Wildman–Crippen MR) is 80.4 cm³/mol. The lowest BCUT2D eigenvalue weighted by Crippen LogP contribution is -2.12. The second-order valence-corrected chi connectivity index (χ2v) is 5.00. The fraction of sp³-hybridized carbons (Fsp3) is 0.125. The summed E-state index contributed by atoms with van der Waals surface area (Å²) >= 11 is 5.82. The standard InChI is InChI=1S/C16H14ClNO2/c1-10-3-8-15(18-11(2)19)14(9-10)16(20)12-4-6-13(17)7-5-12/h3-9H,1-2H3,(H,18,19). The molecule has 102 valence electrons. The Balaban J connectivity index is 2.44. The molecule has 20 heavy (non-hydrogen) atoms. The van der Waals surface area contributed by atoms with Gasteiger partial charge < -0.3 is 5.32 Å². The van der Waals surface area contributed by atoms with E-state index in [9.17, 15) is 9.59 Å². The van der Waals surface area contributed by atoms with Gasteiger partial charge in [-0.3, -0.25) is 9.59 Å². The molecule has 0 unspecified atom stereocenters. The minimum Gasteiger partial charge on any atom is -0.326 e. The van der Waals surface area contributed by atoms with Crippen LogP contribution in [-0.4, -0.2) is 11.7 Å². The number of hydrogen-bond donors (Lipinski definition) is 1. The van der Waals surface area contributed by atoms with E-state index in [4.69, 9.17) is 11.6 Å². The Morgan fingerprint density at radius 3 is 2.30 bits per heavy atom. The number of ketones is 1. The van der Waals surface area contributed by atoms with Crippen LogP contribution in [-0.2, 0) is 4.79 Å². The van der Waals surface area contributed by atoms with E-state index in [-0.39, 0.29) is 11.7 Å². The van der Waals surface area contributed by atoms with Gasteiger partial charge in [0.1, 0.15) is 0 Å². The van der Waals surface area contributed by atoms with Gasteiger partial charge in [-0.05, 0) is 43.3 Å². The third kappa shape index (κ3) is 3.25. The minimum absolute atomic E-state index is 0.144. The van der Waals surface area contributed by atoms with Gasteiger partial charge in [0.15, 0.2) is 5.78 Å². The third-order valence-electron chi connectivity index (χ3n) is 2.84. The van der Waals surface area contributed by atoms with Crippen molar-refractivity contribution in [3.8, 4) is 0 Å². The molecule has 0 aliphatic carbocycles. The number of carbonyl (C=O) groups is 2. The van der Waals surface area contributed by atoms with Crippen molar-refractivity contribution < 1.29 is 9.59 Å². The Labute approximate surface area is 122 Å². The maximum Gasteiger partial charge on any atom is 0.221 e. The molecule has 0 saturated heterocycles. The zero-order valence-electron chi connectivity index (χ0n) is 11.2. The molecule has 0 fully saturated rings. The number of carbonyl (C=O) groups excluding carboxylic acids is 2. The monoisotopic (exact) mass is 287 g/mol. The Kier molecular flexibility index (Phi) is 4.20. The average molecular weight is 288 g/mol. The zero-order chi connectivity index (χ0) is 14.7. The third-order valence-corrected chi connectivity index (χ3v) is 3.09. The van der Waals surface area contributed by atoms with Gasteiger partial charge in [0, 0.05) is 23.1 Å². The molecule has 0 aliphatic heterocycles. The molecular weight excluding hydrogens is 274 g/mol. The molecule has 0 aliphatic rings. The van der Waals surface area contributed by atoms with Crippen molar-refractivity contribution in [1.29, 1.82) is 0 Å². The van der Waals surface area contributed by atoms with Crippen LogP contribution < -0.4 is 5.32 Å². The number of amides is 1. The number of aryl methyl sites for hydroxylation is 1. The highest BCUT2D eigenvalue weighted by Gasteiger charge is 2.14. The van der Waals surface area contributed by atoms with Crippen molar-refractivity contribution in [1.82, 2.24) is 0 Å². The van der Waals surface area contributed by atoms with E-state index in [1.807, 2.05) is 13.0 Å². The second kappa shape index (κ2) is 5.88. The highest BCUT2D eigenvalue weighted by molar-refractivity contribution is 6.30. The van der Waals surface area contributed by atoms with Crippen molar-refractivity contribution >= 4 is 29.0 Å². The Bertz CT molecular complexity index is 663. The number of nitrogens with one attached hydrogen (secondary N) is 1. The van der Waals surface area contributed by atoms with Gasteiger partial charge in [0.2, 0.25) is 5.91 Å². The van der Waals surface area contributed by atoms with E-state index in [2.05, 4.69) is 5.32 Å². The molecule has 2 rings (SSSR count). The molecule has 2 aromatic carbocycles. The summed E-state index contributed by atoms with van der Waals surface area (Å²) in [6, 6.07) is 12.0. The van der Waals surface area contributed by atoms with E-state index in [0.717, 1.165) is 5.56 Å². The molecule has 1 amide bonds. The molecule has 3 nitrogen and oxygen atoms in total. The summed E-state index contributed by atoms with van der Waals surface area (Å²) in [5, 5.41) is 3.25. The summed E-state index contributed by atoms with van der Waals surface area (Å²) < 4.78 is 0. The van der Waals surface area contributed by atoms with E-state index in [0.29, 0.717) is 21.8 Å². The maximum atomic E-state index is 12.5. The van der Waals surface area contributed by atoms with Crippen LogP contribution in [0.2, 0.25) is 5.02 Å². The van der Waals surface area contributed by atoms with E-state index < -0.39 is 0 Å². The molecule has 4 heteroatoms. The summed E-state index contributed by atoms with van der Waals surface area (Å²) in [6.45, 7) is 3.31. The lowest BCUT2D eigenvalue weighted by Gasteiger charge is -2.10. The van der Waals surface area contributed by atoms with E-state index in [1.165, 1.54) is 6.92 Å². The molecule has 0 heterocycles. The number of benzene rings is 2. The quantitative estimate of drug-likeness (QED) is 0.872. The van der Waals surface area contributed by atoms with Gasteiger partial charge in [0.25, 0.3) is 0 Å². The van der Waals surface area contributed by atoms with E-state index >= 15 is 0 Å². The maximum absolute atomic E-state index is 12.5. The number of halogens is 1. The van der Waals surface area contributed by atoms with Crippen LogP contribution >= 0.6 is 11.6 Å². The summed E-state index contributed by atoms with van der Waals surface area (Å²) in [7, 11) is 0. The number of anilines is 1. The molecular formula is C16H14ClNO2. The summed E-state index contributed by atoms with van der Waals surface area (Å²) in [5.41, 5.74) is 2.48. The van der Waals surface area contributed by atoms with Crippen LogP contribution in [0.3, 0.4) is 0 Å². The highest BCUT2D eigenvalue weighted by atomic mass is 35.5. The van der Waals surface area contributed by atoms with Gasteiger partial charge in [-0.15, -0.1) is 0 Å². The van der Waals surface area contributed by atoms with E-state index in [1.54, 1.807) is 36.4 Å². The lowest BCUT2D eigenvalue weighted by molar-refractivity contribution is -0.114. The molecule has 0 radical (unpaired) electrons. The van der Waals surface area contributed by atoms with Crippen molar-refractivity contribution in [3.05, 3.63) is 64.2 Å². The first-order valence-electron chi connectivity index (χ1n) is 6.16. The largest absolute Gasteiger partial charge is 0.326 e. The van der Waals surface area contributed by atoms with Crippen LogP contribution in [0.15, 0.2) is 42.5 Å². The van der Waals surface area contributed by atoms with Crippen LogP contribution in [0.1, 0.15) is 28.4 Å². The Morgan fingerprint density at radius 1 is 1.05 bits per heavy atom. The molecule has 0 atom stereocenters. The Morgan fingerprint density at radius 2 is 1.70 bits per heavy atom. The number of rotatable bonds is 3. The molecule has 0 aromatic heterocycles. The lowest BCUT2D eigenvalue weighted by atomic mass is 9.99. The first-order chi connectivity index (χ1) is 9.47. The van der Waals surface area contributed by atoms with Crippen molar-refractivity contribution in [3.63, 3.8) is 0 Å². The van der Waals surface area contributed by atoms with Crippen molar-refractivity contribution in [2.75, 3.05) is 5.32 Å². The van der Waals surface area contributed by atoms with Crippen molar-refractivity contribution in [2.45, 2.75) is 13.8 Å². The minimum atomic E-state index is -0.209. The molecule has 0 bridgehead atoms. The average Bonchev–Trinajstić information content (AvgIpc) is 2.40. The number of hydrogen-bond acceptors (Lipinski definition) is 2. The smallest absolute Gasteiger partial charge is 0.221 e. The van der Waals surface area contributed by atoms with Gasteiger partial charge >= 0.3 is 0 Å². The SMILES string of the molecule is CC(=O)Nc1ccc(C)cc1C(=O)c1ccc(Cl)cc1. The molecule has 1 N–H and O–H groups in total. The summed E-state index contributed by atoms with van der Waals surface area (Å²) in [5.74, 6) is -0.354. The summed E-state index contributed by atoms with van der Waals surface area (Å²) in [6.07, 6.45) is 0. The van der Waals surface area contributed by atoms with Crippen molar-refractivity contribution in [2.24, 2.45) is 0 Å². The predicted octanol–water partition coefficient (Wildman–Crippen LogP) is 3.84. The van der Waals surface area contributed by atoms with Crippen LogP contribution in [0, 0.1) is 6.92 Å². The fourth-order valence-electron chi connectivity index (χ4n) is 1.90. The first kappa shape index (κ1) is 14.3. The molecule has 0 saturated carbocycles. The fourth-order valence-corrected chi connectivity index (χ4v) is 2.03. The summed E-state index contributed by atoms with van der Waals surface area (Å²) in [4.78, 5) is 23.7. The first-order valence-corrected chi connectivity index (χ1v) is 6.53.